The monoisotopic (exact) mass is 277 g/mol. The molecule has 1 N–H and O–H groups in total. The van der Waals surface area contributed by atoms with Crippen LogP contribution in [0.4, 0.5) is 4.39 Å². The van der Waals surface area contributed by atoms with Crippen molar-refractivity contribution >= 4 is 0 Å². The largest absolute Gasteiger partial charge is 0.388 e. The number of aliphatic hydroxyl groups excluding tert-OH is 1. The minimum Gasteiger partial charge on any atom is -0.388 e. The number of rotatable bonds is 8. The van der Waals surface area contributed by atoms with Gasteiger partial charge in [0.05, 0.1) is 6.10 Å². The summed E-state index contributed by atoms with van der Waals surface area (Å²) in [5, 5.41) is 10.2. The summed E-state index contributed by atoms with van der Waals surface area (Å²) in [5.74, 6) is 1.45. The lowest BCUT2D eigenvalue weighted by Gasteiger charge is -2.23. The lowest BCUT2D eigenvalue weighted by molar-refractivity contribution is 0.134. The number of benzene rings is 1. The van der Waals surface area contributed by atoms with Gasteiger partial charge in [0.15, 0.2) is 0 Å². The molecule has 20 heavy (non-hydrogen) atoms. The third-order valence-corrected chi connectivity index (χ3v) is 4.41. The maximum atomic E-state index is 13.6. The smallest absolute Gasteiger partial charge is 0.128 e. The van der Waals surface area contributed by atoms with E-state index in [0.29, 0.717) is 12.0 Å². The quantitative estimate of drug-likeness (QED) is 0.787. The molecule has 0 radical (unpaired) electrons. The van der Waals surface area contributed by atoms with Crippen molar-refractivity contribution in [1.82, 2.24) is 4.90 Å². The molecule has 2 nitrogen and oxygen atoms in total. The minimum atomic E-state index is -0.683. The van der Waals surface area contributed by atoms with Gasteiger partial charge in [0.25, 0.3) is 0 Å². The molecule has 2 aliphatic carbocycles. The zero-order valence-corrected chi connectivity index (χ0v) is 12.0. The first kappa shape index (κ1) is 14.0. The fourth-order valence-electron chi connectivity index (χ4n) is 2.79. The van der Waals surface area contributed by atoms with Crippen molar-refractivity contribution in [2.45, 2.75) is 38.2 Å². The van der Waals surface area contributed by atoms with Crippen LogP contribution in [-0.4, -0.2) is 29.6 Å². The van der Waals surface area contributed by atoms with Crippen LogP contribution >= 0.6 is 0 Å². The standard InChI is InChI=1S/C17H24FNO/c18-16-4-2-1-3-15(16)17(20)9-10-19(11-13-5-6-13)12-14-7-8-14/h1-4,13-14,17,20H,5-12H2. The third kappa shape index (κ3) is 4.03. The molecule has 2 fully saturated rings. The molecule has 0 aromatic heterocycles. The molecule has 1 atom stereocenters. The van der Waals surface area contributed by atoms with Crippen LogP contribution in [0.5, 0.6) is 0 Å². The van der Waals surface area contributed by atoms with Gasteiger partial charge in [-0.2, -0.15) is 0 Å². The average Bonchev–Trinajstić information content (AvgIpc) is 3.32. The predicted molar refractivity (Wildman–Crippen MR) is 77.9 cm³/mol. The van der Waals surface area contributed by atoms with Crippen LogP contribution in [0.1, 0.15) is 43.8 Å². The molecule has 3 rings (SSSR count). The lowest BCUT2D eigenvalue weighted by atomic mass is 10.1. The average molecular weight is 277 g/mol. The van der Waals surface area contributed by atoms with E-state index in [2.05, 4.69) is 4.90 Å². The zero-order chi connectivity index (χ0) is 13.9. The minimum absolute atomic E-state index is 0.295. The van der Waals surface area contributed by atoms with Gasteiger partial charge in [-0.25, -0.2) is 4.39 Å². The molecule has 1 unspecified atom stereocenters. The van der Waals surface area contributed by atoms with E-state index in [4.69, 9.17) is 0 Å². The predicted octanol–water partition coefficient (Wildman–Crippen LogP) is 3.37. The number of hydrogen-bond acceptors (Lipinski definition) is 2. The topological polar surface area (TPSA) is 23.5 Å². The van der Waals surface area contributed by atoms with Crippen molar-refractivity contribution in [3.63, 3.8) is 0 Å². The normalized spacial score (nSPS) is 20.4. The molecule has 0 saturated heterocycles. The van der Waals surface area contributed by atoms with Crippen LogP contribution in [0.25, 0.3) is 0 Å². The van der Waals surface area contributed by atoms with Crippen LogP contribution in [-0.2, 0) is 0 Å². The Bertz CT molecular complexity index is 428. The summed E-state index contributed by atoms with van der Waals surface area (Å²) in [6, 6.07) is 6.56. The van der Waals surface area contributed by atoms with Crippen molar-refractivity contribution in [1.29, 1.82) is 0 Å². The van der Waals surface area contributed by atoms with Crippen molar-refractivity contribution in [3.05, 3.63) is 35.6 Å². The fourth-order valence-corrected chi connectivity index (χ4v) is 2.79. The highest BCUT2D eigenvalue weighted by Gasteiger charge is 2.29. The van der Waals surface area contributed by atoms with E-state index in [1.165, 1.54) is 44.8 Å². The third-order valence-electron chi connectivity index (χ3n) is 4.41. The van der Waals surface area contributed by atoms with Gasteiger partial charge in [0.2, 0.25) is 0 Å². The summed E-state index contributed by atoms with van der Waals surface area (Å²) in [7, 11) is 0. The maximum Gasteiger partial charge on any atom is 0.128 e. The van der Waals surface area contributed by atoms with Gasteiger partial charge in [-0.1, -0.05) is 18.2 Å². The molecule has 0 heterocycles. The molecule has 3 heteroatoms. The molecule has 1 aromatic rings. The lowest BCUT2D eigenvalue weighted by Crippen LogP contribution is -2.30. The van der Waals surface area contributed by atoms with Crippen molar-refractivity contribution in [2.75, 3.05) is 19.6 Å². The first-order valence-corrected chi connectivity index (χ1v) is 7.87. The van der Waals surface area contributed by atoms with Gasteiger partial charge in [-0.15, -0.1) is 0 Å². The molecule has 2 saturated carbocycles. The first-order valence-electron chi connectivity index (χ1n) is 7.87. The van der Waals surface area contributed by atoms with Gasteiger partial charge in [0, 0.05) is 25.2 Å². The number of hydrogen-bond donors (Lipinski definition) is 1. The van der Waals surface area contributed by atoms with Crippen molar-refractivity contribution in [2.24, 2.45) is 11.8 Å². The number of halogens is 1. The summed E-state index contributed by atoms with van der Waals surface area (Å²) in [4.78, 5) is 2.49. The molecule has 0 amide bonds. The zero-order valence-electron chi connectivity index (χ0n) is 12.0. The highest BCUT2D eigenvalue weighted by molar-refractivity contribution is 5.19. The fraction of sp³-hybridized carbons (Fsp3) is 0.647. The molecular weight excluding hydrogens is 253 g/mol. The van der Waals surface area contributed by atoms with Crippen molar-refractivity contribution < 1.29 is 9.50 Å². The van der Waals surface area contributed by atoms with E-state index in [-0.39, 0.29) is 5.82 Å². The van der Waals surface area contributed by atoms with E-state index < -0.39 is 6.10 Å². The summed E-state index contributed by atoms with van der Waals surface area (Å²) in [5.41, 5.74) is 0.435. The first-order chi connectivity index (χ1) is 9.72. The second-order valence-corrected chi connectivity index (χ2v) is 6.47. The second kappa shape index (κ2) is 6.23. The number of nitrogens with zero attached hydrogens (tertiary/aromatic N) is 1. The van der Waals surface area contributed by atoms with Gasteiger partial charge >= 0.3 is 0 Å². The van der Waals surface area contributed by atoms with Crippen LogP contribution in [0, 0.1) is 17.7 Å². The maximum absolute atomic E-state index is 13.6. The highest BCUT2D eigenvalue weighted by atomic mass is 19.1. The second-order valence-electron chi connectivity index (χ2n) is 6.47. The van der Waals surface area contributed by atoms with E-state index in [1.807, 2.05) is 0 Å². The summed E-state index contributed by atoms with van der Waals surface area (Å²) in [6.07, 6.45) is 5.37. The summed E-state index contributed by atoms with van der Waals surface area (Å²) in [6.45, 7) is 3.21. The SMILES string of the molecule is OC(CCN(CC1CC1)CC1CC1)c1ccccc1F. The van der Waals surface area contributed by atoms with Crippen LogP contribution < -0.4 is 0 Å². The van der Waals surface area contributed by atoms with Gasteiger partial charge in [-0.3, -0.25) is 0 Å². The Kier molecular flexibility index (Phi) is 4.37. The molecule has 1 aromatic carbocycles. The van der Waals surface area contributed by atoms with Gasteiger partial charge < -0.3 is 10.0 Å². The van der Waals surface area contributed by atoms with Crippen LogP contribution in [0.2, 0.25) is 0 Å². The molecule has 0 spiro atoms. The van der Waals surface area contributed by atoms with E-state index in [9.17, 15) is 9.50 Å². The van der Waals surface area contributed by atoms with E-state index >= 15 is 0 Å². The summed E-state index contributed by atoms with van der Waals surface area (Å²) >= 11 is 0. The highest BCUT2D eigenvalue weighted by Crippen LogP contribution is 2.34. The molecular formula is C17H24FNO. The summed E-state index contributed by atoms with van der Waals surface area (Å²) < 4.78 is 13.6. The Labute approximate surface area is 120 Å². The Morgan fingerprint density at radius 1 is 1.10 bits per heavy atom. The molecule has 0 bridgehead atoms. The van der Waals surface area contributed by atoms with E-state index in [1.54, 1.807) is 18.2 Å². The molecule has 2 aliphatic rings. The van der Waals surface area contributed by atoms with E-state index in [0.717, 1.165) is 18.4 Å². The van der Waals surface area contributed by atoms with Crippen LogP contribution in [0.3, 0.4) is 0 Å². The Morgan fingerprint density at radius 2 is 1.70 bits per heavy atom. The molecule has 0 aliphatic heterocycles. The van der Waals surface area contributed by atoms with Gasteiger partial charge in [0.1, 0.15) is 5.82 Å². The van der Waals surface area contributed by atoms with Gasteiger partial charge in [-0.05, 0) is 50.0 Å². The van der Waals surface area contributed by atoms with Crippen LogP contribution in [0.15, 0.2) is 24.3 Å². The Balaban J connectivity index is 1.51. The van der Waals surface area contributed by atoms with Crippen molar-refractivity contribution in [3.8, 4) is 0 Å². The number of aliphatic hydroxyl groups is 1. The molecule has 110 valence electrons. The Hall–Kier alpha value is -0.930. The Morgan fingerprint density at radius 3 is 2.25 bits per heavy atom.